The topological polar surface area (TPSA) is 77.9 Å². The Bertz CT molecular complexity index is 726. The first-order valence-corrected chi connectivity index (χ1v) is 9.35. The van der Waals surface area contributed by atoms with Gasteiger partial charge in [0.25, 0.3) is 0 Å². The average Bonchev–Trinajstić information content (AvgIpc) is 2.89. The number of piperidine rings is 1. The number of aryl methyl sites for hydroxylation is 1. The molecule has 0 bridgehead atoms. The molecule has 2 amide bonds. The maximum Gasteiger partial charge on any atom is 0.309 e. The Morgan fingerprint density at radius 1 is 1.22 bits per heavy atom. The molecule has 0 saturated carbocycles. The second-order valence-electron chi connectivity index (χ2n) is 7.51. The minimum atomic E-state index is -0.938. The number of hydrogen-bond donors (Lipinski definition) is 1. The van der Waals surface area contributed by atoms with Crippen LogP contribution in [0.5, 0.6) is 0 Å². The lowest BCUT2D eigenvalue weighted by molar-refractivity contribution is -0.147. The van der Waals surface area contributed by atoms with Gasteiger partial charge in [0.1, 0.15) is 5.82 Å². The van der Waals surface area contributed by atoms with E-state index >= 15 is 0 Å². The molecule has 0 aromatic heterocycles. The van der Waals surface area contributed by atoms with Gasteiger partial charge in [0.2, 0.25) is 11.8 Å². The van der Waals surface area contributed by atoms with Crippen molar-refractivity contribution in [2.24, 2.45) is 5.92 Å². The van der Waals surface area contributed by atoms with Crippen molar-refractivity contribution in [3.05, 3.63) is 35.6 Å². The van der Waals surface area contributed by atoms with Gasteiger partial charge >= 0.3 is 5.97 Å². The van der Waals surface area contributed by atoms with Crippen molar-refractivity contribution in [1.29, 1.82) is 0 Å². The average molecular weight is 376 g/mol. The molecule has 1 spiro atoms. The van der Waals surface area contributed by atoms with E-state index < -0.39 is 17.4 Å². The Balaban J connectivity index is 1.52. The van der Waals surface area contributed by atoms with Gasteiger partial charge < -0.3 is 14.9 Å². The normalized spacial score (nSPS) is 21.7. The maximum atomic E-state index is 12.9. The smallest absolute Gasteiger partial charge is 0.309 e. The molecule has 7 heteroatoms. The molecule has 2 aliphatic rings. The van der Waals surface area contributed by atoms with E-state index in [1.807, 2.05) is 0 Å². The molecule has 1 unspecified atom stereocenters. The summed E-state index contributed by atoms with van der Waals surface area (Å²) in [5.41, 5.74) is 0.325. The number of benzene rings is 1. The SMILES string of the molecule is CN1C(=O)CC(C(=O)O)C12CCN(C(=O)CCCc1ccc(F)cc1)CC2. The highest BCUT2D eigenvalue weighted by molar-refractivity contribution is 5.88. The summed E-state index contributed by atoms with van der Waals surface area (Å²) in [5, 5.41) is 9.50. The predicted octanol–water partition coefficient (Wildman–Crippen LogP) is 2.07. The third-order valence-corrected chi connectivity index (χ3v) is 6.12. The molecule has 1 aromatic carbocycles. The third kappa shape index (κ3) is 3.82. The van der Waals surface area contributed by atoms with Gasteiger partial charge in [-0.1, -0.05) is 12.1 Å². The molecule has 2 saturated heterocycles. The van der Waals surface area contributed by atoms with Gasteiger partial charge in [0, 0.05) is 33.0 Å². The minimum absolute atomic E-state index is 0.0391. The Hall–Kier alpha value is -2.44. The number of carboxylic acids is 1. The molecule has 146 valence electrons. The van der Waals surface area contributed by atoms with E-state index in [9.17, 15) is 23.9 Å². The first-order valence-electron chi connectivity index (χ1n) is 9.35. The molecule has 3 rings (SSSR count). The summed E-state index contributed by atoms with van der Waals surface area (Å²) in [4.78, 5) is 39.5. The second kappa shape index (κ2) is 7.66. The van der Waals surface area contributed by atoms with Gasteiger partial charge in [-0.15, -0.1) is 0 Å². The van der Waals surface area contributed by atoms with Crippen LogP contribution in [0.1, 0.15) is 37.7 Å². The fourth-order valence-electron chi connectivity index (χ4n) is 4.38. The monoisotopic (exact) mass is 376 g/mol. The molecule has 1 N–H and O–H groups in total. The molecule has 0 radical (unpaired) electrons. The van der Waals surface area contributed by atoms with E-state index in [0.717, 1.165) is 5.56 Å². The summed E-state index contributed by atoms with van der Waals surface area (Å²) >= 11 is 0. The number of rotatable bonds is 5. The zero-order valence-electron chi connectivity index (χ0n) is 15.5. The molecule has 2 aliphatic heterocycles. The van der Waals surface area contributed by atoms with Crippen molar-refractivity contribution in [1.82, 2.24) is 9.80 Å². The Morgan fingerprint density at radius 3 is 2.44 bits per heavy atom. The van der Waals surface area contributed by atoms with Crippen molar-refractivity contribution >= 4 is 17.8 Å². The van der Waals surface area contributed by atoms with Gasteiger partial charge in [-0.2, -0.15) is 0 Å². The number of aliphatic carboxylic acids is 1. The van der Waals surface area contributed by atoms with E-state index in [0.29, 0.717) is 45.2 Å². The van der Waals surface area contributed by atoms with Crippen LogP contribution in [-0.4, -0.2) is 58.4 Å². The number of carbonyl (C=O) groups is 3. The lowest BCUT2D eigenvalue weighted by atomic mass is 9.77. The van der Waals surface area contributed by atoms with Gasteiger partial charge in [-0.25, -0.2) is 4.39 Å². The van der Waals surface area contributed by atoms with Crippen LogP contribution in [0.15, 0.2) is 24.3 Å². The van der Waals surface area contributed by atoms with E-state index in [-0.39, 0.29) is 24.1 Å². The zero-order chi connectivity index (χ0) is 19.6. The standard InChI is InChI=1S/C20H25FN2O4/c1-22-18(25)13-16(19(26)27)20(22)9-11-23(12-10-20)17(24)4-2-3-14-5-7-15(21)8-6-14/h5-8,16H,2-4,9-13H2,1H3,(H,26,27). The first-order chi connectivity index (χ1) is 12.8. The molecule has 0 aliphatic carbocycles. The van der Waals surface area contributed by atoms with Crippen molar-refractivity contribution in [2.75, 3.05) is 20.1 Å². The lowest BCUT2D eigenvalue weighted by Crippen LogP contribution is -2.56. The van der Waals surface area contributed by atoms with Crippen LogP contribution in [0.3, 0.4) is 0 Å². The van der Waals surface area contributed by atoms with E-state index in [1.54, 1.807) is 29.0 Å². The summed E-state index contributed by atoms with van der Waals surface area (Å²) < 4.78 is 12.9. The predicted molar refractivity (Wildman–Crippen MR) is 96.4 cm³/mol. The van der Waals surface area contributed by atoms with E-state index in [4.69, 9.17) is 0 Å². The molecular weight excluding hydrogens is 351 g/mol. The molecular formula is C20H25FN2O4. The highest BCUT2D eigenvalue weighted by Crippen LogP contribution is 2.42. The fraction of sp³-hybridized carbons (Fsp3) is 0.550. The van der Waals surface area contributed by atoms with E-state index in [1.165, 1.54) is 12.1 Å². The highest BCUT2D eigenvalue weighted by atomic mass is 19.1. The zero-order valence-corrected chi connectivity index (χ0v) is 15.5. The van der Waals surface area contributed by atoms with Crippen molar-refractivity contribution < 1.29 is 23.9 Å². The minimum Gasteiger partial charge on any atom is -0.481 e. The van der Waals surface area contributed by atoms with Crippen LogP contribution in [0.25, 0.3) is 0 Å². The van der Waals surface area contributed by atoms with Crippen LogP contribution in [0.4, 0.5) is 4.39 Å². The number of likely N-dealkylation sites (tertiary alicyclic amines) is 2. The molecule has 1 atom stereocenters. The molecule has 27 heavy (non-hydrogen) atoms. The Kier molecular flexibility index (Phi) is 5.48. The van der Waals surface area contributed by atoms with Crippen molar-refractivity contribution in [3.63, 3.8) is 0 Å². The quantitative estimate of drug-likeness (QED) is 0.853. The number of carbonyl (C=O) groups excluding carboxylic acids is 2. The fourth-order valence-corrected chi connectivity index (χ4v) is 4.38. The summed E-state index contributed by atoms with van der Waals surface area (Å²) in [6.45, 7) is 0.938. The van der Waals surface area contributed by atoms with Crippen LogP contribution in [0.2, 0.25) is 0 Å². The number of nitrogens with zero attached hydrogens (tertiary/aromatic N) is 2. The number of amides is 2. The number of hydrogen-bond acceptors (Lipinski definition) is 3. The van der Waals surface area contributed by atoms with Gasteiger partial charge in [-0.3, -0.25) is 14.4 Å². The Labute approximate surface area is 157 Å². The van der Waals surface area contributed by atoms with Crippen molar-refractivity contribution in [3.8, 4) is 0 Å². The Morgan fingerprint density at radius 2 is 1.85 bits per heavy atom. The molecule has 1 aromatic rings. The van der Waals surface area contributed by atoms with Gasteiger partial charge in [0.15, 0.2) is 0 Å². The van der Waals surface area contributed by atoms with Gasteiger partial charge in [0.05, 0.1) is 11.5 Å². The number of carboxylic acid groups (broad SMARTS) is 1. The van der Waals surface area contributed by atoms with Gasteiger partial charge in [-0.05, 0) is 43.4 Å². The summed E-state index contributed by atoms with van der Waals surface area (Å²) in [7, 11) is 1.67. The second-order valence-corrected chi connectivity index (χ2v) is 7.51. The van der Waals surface area contributed by atoms with Crippen LogP contribution >= 0.6 is 0 Å². The highest BCUT2D eigenvalue weighted by Gasteiger charge is 2.55. The summed E-state index contributed by atoms with van der Waals surface area (Å²) in [6, 6.07) is 6.28. The molecule has 6 nitrogen and oxygen atoms in total. The molecule has 2 fully saturated rings. The third-order valence-electron chi connectivity index (χ3n) is 6.12. The summed E-state index contributed by atoms with van der Waals surface area (Å²) in [5.74, 6) is -2.00. The largest absolute Gasteiger partial charge is 0.481 e. The maximum absolute atomic E-state index is 12.9. The number of halogens is 1. The van der Waals surface area contributed by atoms with Crippen LogP contribution in [0, 0.1) is 11.7 Å². The molecule has 2 heterocycles. The van der Waals surface area contributed by atoms with E-state index in [2.05, 4.69) is 0 Å². The first kappa shape index (κ1) is 19.3. The van der Waals surface area contributed by atoms with Crippen molar-refractivity contribution in [2.45, 2.75) is 44.1 Å². The lowest BCUT2D eigenvalue weighted by Gasteiger charge is -2.45. The van der Waals surface area contributed by atoms with Crippen LogP contribution in [-0.2, 0) is 20.8 Å². The van der Waals surface area contributed by atoms with Crippen LogP contribution < -0.4 is 0 Å². The summed E-state index contributed by atoms with van der Waals surface area (Å²) in [6.07, 6.45) is 2.83.